The molecule has 10 heteroatoms. The SMILES string of the molecule is NC(=O)CC[C@@H](NC(=O)OCc1ccccc1)C(=O)ON1C(=O)CCC1=O. The van der Waals surface area contributed by atoms with Gasteiger partial charge in [0.2, 0.25) is 5.91 Å². The molecular weight excluding hydrogens is 358 g/mol. The highest BCUT2D eigenvalue weighted by Crippen LogP contribution is 2.13. The van der Waals surface area contributed by atoms with E-state index in [-0.39, 0.29) is 32.3 Å². The van der Waals surface area contributed by atoms with Gasteiger partial charge in [0, 0.05) is 19.3 Å². The summed E-state index contributed by atoms with van der Waals surface area (Å²) in [4.78, 5) is 63.0. The molecule has 1 aromatic carbocycles. The molecule has 1 aliphatic heterocycles. The van der Waals surface area contributed by atoms with Gasteiger partial charge < -0.3 is 20.6 Å². The molecule has 0 unspecified atom stereocenters. The quantitative estimate of drug-likeness (QED) is 0.613. The Morgan fingerprint density at radius 3 is 2.33 bits per heavy atom. The topological polar surface area (TPSA) is 145 Å². The number of carbonyl (C=O) groups is 5. The minimum atomic E-state index is -1.32. The van der Waals surface area contributed by atoms with Crippen LogP contribution in [0.1, 0.15) is 31.2 Å². The standard InChI is InChI=1S/C17H19N3O7/c18-13(21)7-6-12(16(24)27-20-14(22)8-9-15(20)23)19-17(25)26-10-11-4-2-1-3-5-11/h1-5,12H,6-10H2,(H2,18,21)(H,19,25)/t12-/m1/s1. The van der Waals surface area contributed by atoms with E-state index in [9.17, 15) is 24.0 Å². The van der Waals surface area contributed by atoms with E-state index < -0.39 is 35.8 Å². The van der Waals surface area contributed by atoms with Gasteiger partial charge in [-0.3, -0.25) is 14.4 Å². The molecule has 4 amide bonds. The van der Waals surface area contributed by atoms with Crippen molar-refractivity contribution in [3.05, 3.63) is 35.9 Å². The number of nitrogens with two attached hydrogens (primary N) is 1. The van der Waals surface area contributed by atoms with E-state index >= 15 is 0 Å². The fourth-order valence-electron chi connectivity index (χ4n) is 2.25. The van der Waals surface area contributed by atoms with E-state index in [4.69, 9.17) is 15.3 Å². The van der Waals surface area contributed by atoms with Crippen LogP contribution in [-0.2, 0) is 35.4 Å². The number of imide groups is 1. The Hall–Kier alpha value is -3.43. The zero-order valence-electron chi connectivity index (χ0n) is 14.4. The number of nitrogens with one attached hydrogen (secondary N) is 1. The number of hydrogen-bond donors (Lipinski definition) is 2. The molecule has 0 saturated carbocycles. The van der Waals surface area contributed by atoms with Crippen molar-refractivity contribution in [1.82, 2.24) is 10.4 Å². The van der Waals surface area contributed by atoms with E-state index in [1.54, 1.807) is 30.3 Å². The maximum Gasteiger partial charge on any atom is 0.408 e. The van der Waals surface area contributed by atoms with Gasteiger partial charge in [0.05, 0.1) is 0 Å². The first kappa shape index (κ1) is 19.9. The second-order valence-electron chi connectivity index (χ2n) is 5.76. The maximum absolute atomic E-state index is 12.2. The molecule has 0 aromatic heterocycles. The predicted molar refractivity (Wildman–Crippen MR) is 89.2 cm³/mol. The number of carbonyl (C=O) groups excluding carboxylic acids is 5. The lowest BCUT2D eigenvalue weighted by Crippen LogP contribution is -2.45. The smallest absolute Gasteiger partial charge is 0.408 e. The van der Waals surface area contributed by atoms with E-state index in [1.807, 2.05) is 0 Å². The lowest BCUT2D eigenvalue weighted by molar-refractivity contribution is -0.199. The first-order valence-electron chi connectivity index (χ1n) is 8.20. The molecule has 144 valence electrons. The summed E-state index contributed by atoms with van der Waals surface area (Å²) in [6.45, 7) is -0.0344. The van der Waals surface area contributed by atoms with Crippen molar-refractivity contribution < 1.29 is 33.5 Å². The van der Waals surface area contributed by atoms with Crippen LogP contribution in [0.15, 0.2) is 30.3 Å². The number of nitrogens with zero attached hydrogens (tertiary/aromatic N) is 1. The molecule has 0 aliphatic carbocycles. The zero-order chi connectivity index (χ0) is 19.8. The average molecular weight is 377 g/mol. The molecule has 10 nitrogen and oxygen atoms in total. The summed E-state index contributed by atoms with van der Waals surface area (Å²) in [5, 5.41) is 2.61. The minimum Gasteiger partial charge on any atom is -0.445 e. The second kappa shape index (κ2) is 9.32. The van der Waals surface area contributed by atoms with Gasteiger partial charge in [0.1, 0.15) is 12.6 Å². The molecule has 1 saturated heterocycles. The molecule has 1 fully saturated rings. The summed E-state index contributed by atoms with van der Waals surface area (Å²) < 4.78 is 5.01. The van der Waals surface area contributed by atoms with Crippen LogP contribution in [0, 0.1) is 0 Å². The van der Waals surface area contributed by atoms with Crippen LogP contribution in [0.25, 0.3) is 0 Å². The van der Waals surface area contributed by atoms with E-state index in [0.29, 0.717) is 5.06 Å². The second-order valence-corrected chi connectivity index (χ2v) is 5.76. The molecule has 1 heterocycles. The fourth-order valence-corrected chi connectivity index (χ4v) is 2.25. The number of primary amides is 1. The molecule has 27 heavy (non-hydrogen) atoms. The normalized spacial score (nSPS) is 14.6. The maximum atomic E-state index is 12.2. The number of amides is 4. The Morgan fingerprint density at radius 1 is 1.11 bits per heavy atom. The Balaban J connectivity index is 1.94. The third-order valence-electron chi connectivity index (χ3n) is 3.66. The summed E-state index contributed by atoms with van der Waals surface area (Å²) >= 11 is 0. The Morgan fingerprint density at radius 2 is 1.74 bits per heavy atom. The summed E-state index contributed by atoms with van der Waals surface area (Å²) in [6, 6.07) is 7.52. The fraction of sp³-hybridized carbons (Fsp3) is 0.353. The molecule has 1 aromatic rings. The van der Waals surface area contributed by atoms with Gasteiger partial charge in [-0.05, 0) is 12.0 Å². The van der Waals surface area contributed by atoms with Crippen LogP contribution >= 0.6 is 0 Å². The number of rotatable bonds is 8. The van der Waals surface area contributed by atoms with Crippen LogP contribution in [0.4, 0.5) is 4.79 Å². The Kier molecular flexibility index (Phi) is 6.86. The summed E-state index contributed by atoms with van der Waals surface area (Å²) in [5.74, 6) is -3.08. The summed E-state index contributed by atoms with van der Waals surface area (Å²) in [6.07, 6.45) is -1.45. The minimum absolute atomic E-state index is 0.0344. The van der Waals surface area contributed by atoms with Crippen molar-refractivity contribution in [2.24, 2.45) is 5.73 Å². The number of hydroxylamine groups is 2. The van der Waals surface area contributed by atoms with Gasteiger partial charge in [-0.15, -0.1) is 5.06 Å². The summed E-state index contributed by atoms with van der Waals surface area (Å²) in [5.41, 5.74) is 5.79. The van der Waals surface area contributed by atoms with E-state index in [1.165, 1.54) is 0 Å². The highest BCUT2D eigenvalue weighted by Gasteiger charge is 2.35. The van der Waals surface area contributed by atoms with Gasteiger partial charge in [0.15, 0.2) is 0 Å². The molecule has 0 bridgehead atoms. The lowest BCUT2D eigenvalue weighted by atomic mass is 10.1. The first-order valence-corrected chi connectivity index (χ1v) is 8.20. The van der Waals surface area contributed by atoms with Gasteiger partial charge in [-0.25, -0.2) is 9.59 Å². The van der Waals surface area contributed by atoms with Crippen molar-refractivity contribution >= 4 is 29.8 Å². The largest absolute Gasteiger partial charge is 0.445 e. The third-order valence-corrected chi connectivity index (χ3v) is 3.66. The number of alkyl carbamates (subject to hydrolysis) is 1. The van der Waals surface area contributed by atoms with Crippen LogP contribution in [0.5, 0.6) is 0 Å². The van der Waals surface area contributed by atoms with E-state index in [0.717, 1.165) is 5.56 Å². The molecule has 0 spiro atoms. The highest BCUT2D eigenvalue weighted by atomic mass is 16.7. The predicted octanol–water partition coefficient (Wildman–Crippen LogP) is 0.154. The van der Waals surface area contributed by atoms with Crippen LogP contribution in [-0.4, -0.2) is 40.9 Å². The molecule has 0 radical (unpaired) electrons. The number of hydrogen-bond acceptors (Lipinski definition) is 7. The van der Waals surface area contributed by atoms with Crippen molar-refractivity contribution in [1.29, 1.82) is 0 Å². The van der Waals surface area contributed by atoms with Crippen molar-refractivity contribution in [2.75, 3.05) is 0 Å². The molecule has 2 rings (SSSR count). The lowest BCUT2D eigenvalue weighted by Gasteiger charge is -2.19. The van der Waals surface area contributed by atoms with Crippen LogP contribution in [0.2, 0.25) is 0 Å². The van der Waals surface area contributed by atoms with Crippen molar-refractivity contribution in [3.8, 4) is 0 Å². The van der Waals surface area contributed by atoms with Gasteiger partial charge in [-0.1, -0.05) is 30.3 Å². The molecule has 1 atom stereocenters. The summed E-state index contributed by atoms with van der Waals surface area (Å²) in [7, 11) is 0. The van der Waals surface area contributed by atoms with Crippen molar-refractivity contribution in [3.63, 3.8) is 0 Å². The van der Waals surface area contributed by atoms with Crippen molar-refractivity contribution in [2.45, 2.75) is 38.3 Å². The van der Waals surface area contributed by atoms with Crippen LogP contribution < -0.4 is 11.1 Å². The number of benzene rings is 1. The molecular formula is C17H19N3O7. The first-order chi connectivity index (χ1) is 12.9. The Labute approximate surface area is 154 Å². The molecule has 3 N–H and O–H groups in total. The monoisotopic (exact) mass is 377 g/mol. The van der Waals surface area contributed by atoms with E-state index in [2.05, 4.69) is 5.32 Å². The zero-order valence-corrected chi connectivity index (χ0v) is 14.4. The average Bonchev–Trinajstić information content (AvgIpc) is 2.96. The number of ether oxygens (including phenoxy) is 1. The third kappa shape index (κ3) is 6.10. The molecule has 1 aliphatic rings. The van der Waals surface area contributed by atoms with Gasteiger partial charge in [0.25, 0.3) is 11.8 Å². The highest BCUT2D eigenvalue weighted by molar-refractivity contribution is 6.01. The van der Waals surface area contributed by atoms with Gasteiger partial charge in [-0.2, -0.15) is 0 Å². The van der Waals surface area contributed by atoms with Gasteiger partial charge >= 0.3 is 12.1 Å². The van der Waals surface area contributed by atoms with Crippen LogP contribution in [0.3, 0.4) is 0 Å². The Bertz CT molecular complexity index is 719.